The fraction of sp³-hybridized carbons (Fsp3) is 0.242. The van der Waals surface area contributed by atoms with Gasteiger partial charge in [0, 0.05) is 22.5 Å². The number of fused-ring (bicyclic) bond motifs is 3. The molecular weight excluding hydrogens is 442 g/mol. The summed E-state index contributed by atoms with van der Waals surface area (Å²) in [5.41, 5.74) is 6.20. The Kier molecular flexibility index (Phi) is 5.26. The molecule has 0 bridgehead atoms. The average Bonchev–Trinajstić information content (AvgIpc) is 3.46. The van der Waals surface area contributed by atoms with Gasteiger partial charge in [0.05, 0.1) is 0 Å². The zero-order valence-electron chi connectivity index (χ0n) is 21.6. The molecule has 3 aromatic heterocycles. The first-order valence-electron chi connectivity index (χ1n) is 12.7. The van der Waals surface area contributed by atoms with Gasteiger partial charge < -0.3 is 8.83 Å². The van der Waals surface area contributed by atoms with E-state index in [0.29, 0.717) is 5.92 Å². The third-order valence-corrected chi connectivity index (χ3v) is 6.84. The van der Waals surface area contributed by atoms with Crippen molar-refractivity contribution in [3.8, 4) is 22.8 Å². The van der Waals surface area contributed by atoms with Crippen molar-refractivity contribution in [3.05, 3.63) is 90.1 Å². The highest BCUT2D eigenvalue weighted by Gasteiger charge is 2.21. The van der Waals surface area contributed by atoms with Crippen LogP contribution in [-0.4, -0.2) is 4.98 Å². The number of aromatic nitrogens is 1. The zero-order valence-corrected chi connectivity index (χ0v) is 21.6. The molecule has 6 aromatic rings. The fourth-order valence-corrected chi connectivity index (χ4v) is 5.17. The first-order valence-corrected chi connectivity index (χ1v) is 12.7. The van der Waals surface area contributed by atoms with Crippen molar-refractivity contribution in [1.82, 2.24) is 4.98 Å². The molecule has 0 atom stereocenters. The summed E-state index contributed by atoms with van der Waals surface area (Å²) in [6.07, 6.45) is 2.91. The maximum absolute atomic E-state index is 6.45. The third kappa shape index (κ3) is 3.99. The Morgan fingerprint density at radius 2 is 1.56 bits per heavy atom. The summed E-state index contributed by atoms with van der Waals surface area (Å²) in [5, 5.41) is 4.60. The molecule has 0 spiro atoms. The summed E-state index contributed by atoms with van der Waals surface area (Å²) < 4.78 is 12.6. The minimum atomic E-state index is 0.000528. The zero-order chi connectivity index (χ0) is 25.0. The molecule has 0 unspecified atom stereocenters. The Morgan fingerprint density at radius 1 is 0.778 bits per heavy atom. The number of nitrogens with zero attached hydrogens (tertiary/aromatic N) is 1. The molecule has 0 fully saturated rings. The van der Waals surface area contributed by atoms with Crippen molar-refractivity contribution < 1.29 is 8.83 Å². The van der Waals surface area contributed by atoms with Crippen molar-refractivity contribution in [2.75, 3.05) is 0 Å². The molecule has 0 aliphatic heterocycles. The molecule has 36 heavy (non-hydrogen) atoms. The van der Waals surface area contributed by atoms with Crippen molar-refractivity contribution in [2.45, 2.75) is 46.5 Å². The largest absolute Gasteiger partial charge is 0.453 e. The monoisotopic (exact) mass is 473 g/mol. The van der Waals surface area contributed by atoms with Gasteiger partial charge in [0.1, 0.15) is 11.3 Å². The summed E-state index contributed by atoms with van der Waals surface area (Å²) in [4.78, 5) is 4.77. The molecule has 0 aliphatic carbocycles. The normalized spacial score (nSPS) is 12.4. The summed E-state index contributed by atoms with van der Waals surface area (Å²) in [6, 6.07) is 25.6. The molecule has 3 heteroatoms. The summed E-state index contributed by atoms with van der Waals surface area (Å²) in [6.45, 7) is 11.2. The first-order chi connectivity index (χ1) is 17.3. The van der Waals surface area contributed by atoms with Crippen LogP contribution in [0.25, 0.3) is 55.5 Å². The highest BCUT2D eigenvalue weighted by atomic mass is 16.4. The summed E-state index contributed by atoms with van der Waals surface area (Å²) in [7, 11) is 0. The van der Waals surface area contributed by atoms with Crippen LogP contribution in [0.3, 0.4) is 0 Å². The minimum Gasteiger partial charge on any atom is -0.453 e. The van der Waals surface area contributed by atoms with Gasteiger partial charge in [0.25, 0.3) is 0 Å². The molecule has 0 saturated carbocycles. The van der Waals surface area contributed by atoms with Gasteiger partial charge in [-0.05, 0) is 82.1 Å². The van der Waals surface area contributed by atoms with E-state index >= 15 is 0 Å². The number of hydrogen-bond acceptors (Lipinski definition) is 3. The number of furan rings is 2. The summed E-state index contributed by atoms with van der Waals surface area (Å²) in [5.74, 6) is 2.07. The average molecular weight is 474 g/mol. The van der Waals surface area contributed by atoms with Crippen LogP contribution >= 0.6 is 0 Å². The lowest BCUT2D eigenvalue weighted by Gasteiger charge is -2.22. The predicted octanol–water partition coefficient (Wildman–Crippen LogP) is 9.56. The van der Waals surface area contributed by atoms with Crippen LogP contribution in [-0.2, 0) is 11.8 Å². The third-order valence-electron chi connectivity index (χ3n) is 6.84. The summed E-state index contributed by atoms with van der Waals surface area (Å²) >= 11 is 0. The lowest BCUT2D eigenvalue weighted by molar-refractivity contribution is 0.569. The van der Waals surface area contributed by atoms with E-state index in [2.05, 4.69) is 101 Å². The van der Waals surface area contributed by atoms with E-state index in [-0.39, 0.29) is 5.41 Å². The second-order valence-corrected chi connectivity index (χ2v) is 11.3. The molecule has 180 valence electrons. The Balaban J connectivity index is 1.48. The standard InChI is InChI=1S/C33H31NO2/c1-20(2)14-21-10-11-28-24(15-21)19-29(35-28)30-18-23-12-13-34-31(32(23)36-30)25-16-22-8-6-7-9-26(22)27(17-25)33(3,4)5/h6-13,15-20H,14H2,1-5H3. The van der Waals surface area contributed by atoms with Crippen LogP contribution in [0.1, 0.15) is 45.7 Å². The number of benzene rings is 3. The van der Waals surface area contributed by atoms with Crippen LogP contribution in [0, 0.1) is 5.92 Å². The van der Waals surface area contributed by atoms with Crippen molar-refractivity contribution in [3.63, 3.8) is 0 Å². The number of hydrogen-bond donors (Lipinski definition) is 0. The molecule has 0 radical (unpaired) electrons. The Labute approximate surface area is 211 Å². The van der Waals surface area contributed by atoms with Crippen LogP contribution in [0.4, 0.5) is 0 Å². The highest BCUT2D eigenvalue weighted by Crippen LogP contribution is 2.39. The first kappa shape index (κ1) is 22.6. The maximum atomic E-state index is 6.45. The smallest absolute Gasteiger partial charge is 0.170 e. The quantitative estimate of drug-likeness (QED) is 0.256. The van der Waals surface area contributed by atoms with Crippen molar-refractivity contribution >= 4 is 32.7 Å². The second kappa shape index (κ2) is 8.37. The fourth-order valence-electron chi connectivity index (χ4n) is 5.17. The maximum Gasteiger partial charge on any atom is 0.170 e. The van der Waals surface area contributed by atoms with Gasteiger partial charge in [-0.1, -0.05) is 65.0 Å². The molecule has 0 aliphatic rings. The molecule has 3 aromatic carbocycles. The van der Waals surface area contributed by atoms with E-state index in [9.17, 15) is 0 Å². The Morgan fingerprint density at radius 3 is 2.36 bits per heavy atom. The molecular formula is C33H31NO2. The Hall–Kier alpha value is -3.85. The SMILES string of the molecule is CC(C)Cc1ccc2oc(-c3cc4ccnc(-c5cc(C(C)(C)C)c6ccccc6c5)c4o3)cc2c1. The van der Waals surface area contributed by atoms with E-state index in [1.807, 2.05) is 12.3 Å². The van der Waals surface area contributed by atoms with Gasteiger partial charge in [0.2, 0.25) is 0 Å². The van der Waals surface area contributed by atoms with Gasteiger partial charge >= 0.3 is 0 Å². The molecule has 3 nitrogen and oxygen atoms in total. The lowest BCUT2D eigenvalue weighted by Crippen LogP contribution is -2.12. The van der Waals surface area contributed by atoms with Crippen molar-refractivity contribution in [1.29, 1.82) is 0 Å². The second-order valence-electron chi connectivity index (χ2n) is 11.3. The molecule has 0 N–H and O–H groups in total. The molecule has 6 rings (SSSR count). The van der Waals surface area contributed by atoms with Crippen molar-refractivity contribution in [2.24, 2.45) is 5.92 Å². The highest BCUT2D eigenvalue weighted by molar-refractivity contribution is 5.97. The van der Waals surface area contributed by atoms with Crippen LogP contribution in [0.2, 0.25) is 0 Å². The number of rotatable bonds is 4. The molecule has 0 saturated heterocycles. The van der Waals surface area contributed by atoms with Crippen LogP contribution in [0.5, 0.6) is 0 Å². The van der Waals surface area contributed by atoms with E-state index < -0.39 is 0 Å². The van der Waals surface area contributed by atoms with Crippen LogP contribution in [0.15, 0.2) is 87.8 Å². The van der Waals surface area contributed by atoms with Crippen LogP contribution < -0.4 is 0 Å². The van der Waals surface area contributed by atoms with Gasteiger partial charge in [-0.3, -0.25) is 4.98 Å². The Bertz CT molecular complexity index is 1730. The topological polar surface area (TPSA) is 39.2 Å². The lowest BCUT2D eigenvalue weighted by atomic mass is 9.82. The molecule has 0 amide bonds. The van der Waals surface area contributed by atoms with E-state index in [0.717, 1.165) is 51.1 Å². The predicted molar refractivity (Wildman–Crippen MR) is 149 cm³/mol. The van der Waals surface area contributed by atoms with Gasteiger partial charge in [-0.25, -0.2) is 0 Å². The van der Waals surface area contributed by atoms with Gasteiger partial charge in [0.15, 0.2) is 17.1 Å². The minimum absolute atomic E-state index is 0.000528. The van der Waals surface area contributed by atoms with E-state index in [4.69, 9.17) is 13.8 Å². The molecule has 3 heterocycles. The number of pyridine rings is 1. The van der Waals surface area contributed by atoms with E-state index in [1.54, 1.807) is 0 Å². The van der Waals surface area contributed by atoms with Gasteiger partial charge in [-0.15, -0.1) is 0 Å². The van der Waals surface area contributed by atoms with Gasteiger partial charge in [-0.2, -0.15) is 0 Å². The van der Waals surface area contributed by atoms with E-state index in [1.165, 1.54) is 21.9 Å².